The van der Waals surface area contributed by atoms with Gasteiger partial charge in [-0.1, -0.05) is 13.8 Å². The van der Waals surface area contributed by atoms with Crippen LogP contribution in [0.5, 0.6) is 5.75 Å². The van der Waals surface area contributed by atoms with Crippen molar-refractivity contribution in [3.63, 3.8) is 0 Å². The topological polar surface area (TPSA) is 72.9 Å². The average Bonchev–Trinajstić information content (AvgIpc) is 2.94. The summed E-state index contributed by atoms with van der Waals surface area (Å²) in [6, 6.07) is 6.19. The Balaban J connectivity index is 2.17. The molecule has 2 rings (SSSR count). The van der Waals surface area contributed by atoms with Gasteiger partial charge in [-0.25, -0.2) is 9.69 Å². The number of carbonyl (C=O) groups excluding carboxylic acids is 3. The van der Waals surface area contributed by atoms with E-state index in [2.05, 4.69) is 0 Å². The van der Waals surface area contributed by atoms with E-state index in [-0.39, 0.29) is 24.3 Å². The molecule has 0 radical (unpaired) electrons. The SMILES string of the molecule is COc1ccc(C(=O)[C@@H](C)C(=O)N2C(=O)OC[C@@H]2C(C)C)cc1. The molecule has 124 valence electrons. The second-order valence-corrected chi connectivity index (χ2v) is 5.91. The summed E-state index contributed by atoms with van der Waals surface area (Å²) in [6.45, 7) is 5.50. The van der Waals surface area contributed by atoms with Crippen molar-refractivity contribution in [2.75, 3.05) is 13.7 Å². The number of imide groups is 1. The summed E-state index contributed by atoms with van der Waals surface area (Å²) in [5.41, 5.74) is 0.403. The maximum absolute atomic E-state index is 12.6. The van der Waals surface area contributed by atoms with Gasteiger partial charge in [-0.2, -0.15) is 0 Å². The predicted octanol–water partition coefficient (Wildman–Crippen LogP) is 2.52. The molecule has 0 bridgehead atoms. The minimum Gasteiger partial charge on any atom is -0.497 e. The third kappa shape index (κ3) is 3.36. The maximum Gasteiger partial charge on any atom is 0.417 e. The van der Waals surface area contributed by atoms with Crippen molar-refractivity contribution in [3.8, 4) is 5.75 Å². The summed E-state index contributed by atoms with van der Waals surface area (Å²) in [5, 5.41) is 0. The van der Waals surface area contributed by atoms with Crippen molar-refractivity contribution in [2.24, 2.45) is 11.8 Å². The van der Waals surface area contributed by atoms with Crippen LogP contribution >= 0.6 is 0 Å². The predicted molar refractivity (Wildman–Crippen MR) is 83.3 cm³/mol. The van der Waals surface area contributed by atoms with Crippen molar-refractivity contribution in [3.05, 3.63) is 29.8 Å². The van der Waals surface area contributed by atoms with Gasteiger partial charge in [0, 0.05) is 5.56 Å². The van der Waals surface area contributed by atoms with Gasteiger partial charge in [0.25, 0.3) is 0 Å². The molecule has 2 atom stereocenters. The molecule has 0 saturated carbocycles. The second kappa shape index (κ2) is 6.81. The Morgan fingerprint density at radius 3 is 2.35 bits per heavy atom. The van der Waals surface area contributed by atoms with E-state index in [9.17, 15) is 14.4 Å². The van der Waals surface area contributed by atoms with E-state index in [1.165, 1.54) is 14.0 Å². The number of benzene rings is 1. The summed E-state index contributed by atoms with van der Waals surface area (Å²) in [7, 11) is 1.54. The monoisotopic (exact) mass is 319 g/mol. The van der Waals surface area contributed by atoms with Crippen molar-refractivity contribution in [2.45, 2.75) is 26.8 Å². The van der Waals surface area contributed by atoms with Gasteiger partial charge >= 0.3 is 6.09 Å². The summed E-state index contributed by atoms with van der Waals surface area (Å²) < 4.78 is 10.0. The summed E-state index contributed by atoms with van der Waals surface area (Å²) in [6.07, 6.45) is -0.678. The molecule has 1 heterocycles. The summed E-state index contributed by atoms with van der Waals surface area (Å²) in [4.78, 5) is 38.0. The van der Waals surface area contributed by atoms with E-state index in [0.29, 0.717) is 11.3 Å². The Hall–Kier alpha value is -2.37. The van der Waals surface area contributed by atoms with E-state index in [0.717, 1.165) is 4.90 Å². The molecule has 0 spiro atoms. The molecular formula is C17H21NO5. The van der Waals surface area contributed by atoms with Crippen LogP contribution in [-0.2, 0) is 9.53 Å². The van der Waals surface area contributed by atoms with Gasteiger partial charge in [0.1, 0.15) is 12.4 Å². The molecule has 0 N–H and O–H groups in total. The number of Topliss-reactive ketones (excluding diaryl/α,β-unsaturated/α-hetero) is 1. The summed E-state index contributed by atoms with van der Waals surface area (Å²) in [5.74, 6) is -1.11. The lowest BCUT2D eigenvalue weighted by Crippen LogP contribution is -2.45. The van der Waals surface area contributed by atoms with Gasteiger partial charge in [-0.3, -0.25) is 9.59 Å². The lowest BCUT2D eigenvalue weighted by molar-refractivity contribution is -0.132. The minimum atomic E-state index is -0.949. The number of rotatable bonds is 5. The van der Waals surface area contributed by atoms with Gasteiger partial charge in [0.2, 0.25) is 5.91 Å². The van der Waals surface area contributed by atoms with Crippen LogP contribution in [-0.4, -0.2) is 42.4 Å². The first-order valence-electron chi connectivity index (χ1n) is 7.55. The van der Waals surface area contributed by atoms with Gasteiger partial charge < -0.3 is 9.47 Å². The molecule has 0 unspecified atom stereocenters. The van der Waals surface area contributed by atoms with Crippen molar-refractivity contribution < 1.29 is 23.9 Å². The first-order valence-corrected chi connectivity index (χ1v) is 7.55. The maximum atomic E-state index is 12.6. The van der Waals surface area contributed by atoms with Crippen LogP contribution in [0.3, 0.4) is 0 Å². The number of cyclic esters (lactones) is 1. The summed E-state index contributed by atoms with van der Waals surface area (Å²) >= 11 is 0. The van der Waals surface area contributed by atoms with Crippen LogP contribution in [0.15, 0.2) is 24.3 Å². The fraction of sp³-hybridized carbons (Fsp3) is 0.471. The standard InChI is InChI=1S/C17H21NO5/c1-10(2)14-9-23-17(21)18(14)16(20)11(3)15(19)12-5-7-13(22-4)8-6-12/h5-8,10-11,14H,9H2,1-4H3/t11-,14-/m1/s1. The number of hydrogen-bond donors (Lipinski definition) is 0. The molecule has 23 heavy (non-hydrogen) atoms. The van der Waals surface area contributed by atoms with E-state index in [1.807, 2.05) is 13.8 Å². The van der Waals surface area contributed by atoms with E-state index in [4.69, 9.17) is 9.47 Å². The highest BCUT2D eigenvalue weighted by Crippen LogP contribution is 2.23. The number of amides is 2. The highest BCUT2D eigenvalue weighted by molar-refractivity contribution is 6.12. The number of nitrogens with zero attached hydrogens (tertiary/aromatic N) is 1. The molecule has 0 aromatic heterocycles. The van der Waals surface area contributed by atoms with Crippen LogP contribution in [0.1, 0.15) is 31.1 Å². The van der Waals surface area contributed by atoms with Gasteiger partial charge in [0.15, 0.2) is 5.78 Å². The quantitative estimate of drug-likeness (QED) is 0.616. The molecule has 1 aliphatic heterocycles. The zero-order chi connectivity index (χ0) is 17.1. The highest BCUT2D eigenvalue weighted by atomic mass is 16.6. The lowest BCUT2D eigenvalue weighted by atomic mass is 9.96. The lowest BCUT2D eigenvalue weighted by Gasteiger charge is -2.24. The van der Waals surface area contributed by atoms with E-state index in [1.54, 1.807) is 24.3 Å². The fourth-order valence-corrected chi connectivity index (χ4v) is 2.51. The van der Waals surface area contributed by atoms with Crippen molar-refractivity contribution in [1.29, 1.82) is 0 Å². The third-order valence-electron chi connectivity index (χ3n) is 4.05. The molecule has 2 amide bonds. The molecule has 1 saturated heterocycles. The number of methoxy groups -OCH3 is 1. The van der Waals surface area contributed by atoms with Gasteiger partial charge in [-0.05, 0) is 37.1 Å². The van der Waals surface area contributed by atoms with Gasteiger partial charge in [0.05, 0.1) is 19.1 Å². The van der Waals surface area contributed by atoms with E-state index < -0.39 is 17.9 Å². The molecule has 6 heteroatoms. The number of hydrogen-bond acceptors (Lipinski definition) is 5. The normalized spacial score (nSPS) is 18.7. The zero-order valence-electron chi connectivity index (χ0n) is 13.7. The molecular weight excluding hydrogens is 298 g/mol. The largest absolute Gasteiger partial charge is 0.497 e. The Morgan fingerprint density at radius 1 is 1.22 bits per heavy atom. The van der Waals surface area contributed by atoms with Crippen LogP contribution in [0, 0.1) is 11.8 Å². The minimum absolute atomic E-state index is 0.0636. The third-order valence-corrected chi connectivity index (χ3v) is 4.05. The Bertz CT molecular complexity index is 608. The molecule has 6 nitrogen and oxygen atoms in total. The van der Waals surface area contributed by atoms with E-state index >= 15 is 0 Å². The van der Waals surface area contributed by atoms with Crippen LogP contribution < -0.4 is 4.74 Å². The van der Waals surface area contributed by atoms with Crippen molar-refractivity contribution in [1.82, 2.24) is 4.90 Å². The molecule has 1 aromatic carbocycles. The van der Waals surface area contributed by atoms with Crippen molar-refractivity contribution >= 4 is 17.8 Å². The average molecular weight is 319 g/mol. The van der Waals surface area contributed by atoms with Crippen LogP contribution in [0.2, 0.25) is 0 Å². The number of ether oxygens (including phenoxy) is 2. The molecule has 1 aliphatic rings. The Morgan fingerprint density at radius 2 is 1.83 bits per heavy atom. The molecule has 0 aliphatic carbocycles. The second-order valence-electron chi connectivity index (χ2n) is 5.91. The van der Waals surface area contributed by atoms with Gasteiger partial charge in [-0.15, -0.1) is 0 Å². The zero-order valence-corrected chi connectivity index (χ0v) is 13.7. The fourth-order valence-electron chi connectivity index (χ4n) is 2.51. The highest BCUT2D eigenvalue weighted by Gasteiger charge is 2.42. The Kier molecular flexibility index (Phi) is 5.03. The smallest absolute Gasteiger partial charge is 0.417 e. The molecule has 1 fully saturated rings. The number of carbonyl (C=O) groups is 3. The van der Waals surface area contributed by atoms with Crippen LogP contribution in [0.25, 0.3) is 0 Å². The van der Waals surface area contributed by atoms with Crippen LogP contribution in [0.4, 0.5) is 4.79 Å². The Labute approximate surface area is 135 Å². The number of ketones is 1. The molecule has 1 aromatic rings. The first kappa shape index (κ1) is 17.0. The first-order chi connectivity index (χ1) is 10.9.